The number of alkyl halides is 9. The van der Waals surface area contributed by atoms with Gasteiger partial charge in [0.05, 0.1) is 15.8 Å². The van der Waals surface area contributed by atoms with Crippen molar-refractivity contribution in [3.63, 3.8) is 0 Å². The van der Waals surface area contributed by atoms with Gasteiger partial charge in [0, 0.05) is 26.2 Å². The Bertz CT molecular complexity index is 1880. The van der Waals surface area contributed by atoms with Gasteiger partial charge in [-0.25, -0.2) is 18.4 Å². The summed E-state index contributed by atoms with van der Waals surface area (Å²) >= 11 is 0.888. The maximum absolute atomic E-state index is 13.7. The van der Waals surface area contributed by atoms with Gasteiger partial charge in [-0.15, -0.1) is 26.3 Å². The van der Waals surface area contributed by atoms with E-state index in [1.165, 1.54) is 17.0 Å². The van der Waals surface area contributed by atoms with Crippen LogP contribution in [-0.4, -0.2) is 72.0 Å². The normalized spacial score (nSPS) is 16.6. The van der Waals surface area contributed by atoms with E-state index in [1.54, 1.807) is 0 Å². The van der Waals surface area contributed by atoms with E-state index in [2.05, 4.69) is 29.7 Å². The number of rotatable bonds is 8. The molecule has 11 nitrogen and oxygen atoms in total. The minimum atomic E-state index is -5.04. The number of sulfonamides is 1. The molecule has 4 aromatic rings. The molecular formula is C26H19F9N6O5S2. The SMILES string of the molecule is O=C(NCc1ccc(OC(F)(F)F)cc1)[C@H]1CN(c2nc3nc(C(F)(F)F)ncc3s2)CCN1S(=O)(=O)c1ccc(OC(F)(F)F)cc1. The first kappa shape index (κ1) is 34.9. The van der Waals surface area contributed by atoms with Crippen LogP contribution in [0.4, 0.5) is 44.6 Å². The summed E-state index contributed by atoms with van der Waals surface area (Å²) in [6.45, 7) is -1.13. The smallest absolute Gasteiger partial charge is 0.406 e. The van der Waals surface area contributed by atoms with Gasteiger partial charge in [-0.2, -0.15) is 22.5 Å². The lowest BCUT2D eigenvalue weighted by Gasteiger charge is -2.39. The Hall–Kier alpha value is -4.44. The van der Waals surface area contributed by atoms with Gasteiger partial charge in [0.2, 0.25) is 21.8 Å². The third-order valence-electron chi connectivity index (χ3n) is 6.58. The largest absolute Gasteiger partial charge is 0.573 e. The molecule has 0 aliphatic carbocycles. The van der Waals surface area contributed by atoms with Crippen LogP contribution >= 0.6 is 11.3 Å². The summed E-state index contributed by atoms with van der Waals surface area (Å²) in [6.07, 6.45) is -13.9. The molecule has 5 rings (SSSR count). The van der Waals surface area contributed by atoms with Gasteiger partial charge < -0.3 is 19.7 Å². The van der Waals surface area contributed by atoms with Crippen LogP contribution < -0.4 is 19.7 Å². The van der Waals surface area contributed by atoms with Crippen molar-refractivity contribution in [2.24, 2.45) is 0 Å². The van der Waals surface area contributed by atoms with E-state index >= 15 is 0 Å². The molecule has 0 unspecified atom stereocenters. The number of hydrogen-bond acceptors (Lipinski definition) is 10. The van der Waals surface area contributed by atoms with Gasteiger partial charge in [-0.1, -0.05) is 23.5 Å². The number of carbonyl (C=O) groups is 1. The van der Waals surface area contributed by atoms with Crippen molar-refractivity contribution in [3.8, 4) is 11.5 Å². The van der Waals surface area contributed by atoms with Crippen molar-refractivity contribution in [2.75, 3.05) is 24.5 Å². The number of nitrogens with one attached hydrogen (secondary N) is 1. The monoisotopic (exact) mass is 730 g/mol. The first-order valence-electron chi connectivity index (χ1n) is 13.2. The molecule has 258 valence electrons. The second-order valence-electron chi connectivity index (χ2n) is 9.88. The predicted octanol–water partition coefficient (Wildman–Crippen LogP) is 5.10. The van der Waals surface area contributed by atoms with E-state index in [-0.39, 0.29) is 41.7 Å². The summed E-state index contributed by atoms with van der Waals surface area (Å²) in [5.74, 6) is -3.52. The fourth-order valence-corrected chi connectivity index (χ4v) is 6.99. The number of halogens is 9. The highest BCUT2D eigenvalue weighted by atomic mass is 32.2. The van der Waals surface area contributed by atoms with E-state index in [4.69, 9.17) is 0 Å². The highest BCUT2D eigenvalue weighted by Gasteiger charge is 2.42. The van der Waals surface area contributed by atoms with Gasteiger partial charge in [-0.3, -0.25) is 4.79 Å². The molecular weight excluding hydrogens is 711 g/mol. The van der Waals surface area contributed by atoms with E-state index < -0.39 is 63.1 Å². The van der Waals surface area contributed by atoms with Crippen molar-refractivity contribution in [3.05, 3.63) is 66.1 Å². The van der Waals surface area contributed by atoms with Crippen LogP contribution in [0.2, 0.25) is 0 Å². The number of fused-ring (bicyclic) bond motifs is 1. The maximum atomic E-state index is 13.7. The van der Waals surface area contributed by atoms with Crippen molar-refractivity contribution in [1.29, 1.82) is 0 Å². The lowest BCUT2D eigenvalue weighted by Crippen LogP contribution is -2.60. The van der Waals surface area contributed by atoms with Crippen LogP contribution in [0.5, 0.6) is 11.5 Å². The molecule has 1 fully saturated rings. The second-order valence-corrected chi connectivity index (χ2v) is 12.8. The van der Waals surface area contributed by atoms with Crippen LogP contribution in [0, 0.1) is 0 Å². The standard InChI is InChI=1S/C26H19F9N6O5S2/c27-24(28,29)22-37-12-19-20(38-22)39-23(47-19)40-9-10-41(48(43,44)17-7-5-16(6-8-17)46-26(33,34)35)18(13-40)21(42)36-11-14-1-3-15(4-2-14)45-25(30,31)32/h1-8,12,18H,9-11,13H2,(H,36,42)/t18-/m1/s1. The molecule has 0 spiro atoms. The van der Waals surface area contributed by atoms with Crippen LogP contribution in [0.1, 0.15) is 11.4 Å². The van der Waals surface area contributed by atoms with Gasteiger partial charge in [0.15, 0.2) is 10.8 Å². The third-order valence-corrected chi connectivity index (χ3v) is 9.55. The Kier molecular flexibility index (Phi) is 9.36. The summed E-state index contributed by atoms with van der Waals surface area (Å²) in [5, 5.41) is 2.60. The Labute approximate surface area is 268 Å². The number of nitrogens with zero attached hydrogens (tertiary/aromatic N) is 5. The molecule has 0 saturated carbocycles. The fourth-order valence-electron chi connectivity index (χ4n) is 4.50. The Morgan fingerprint density at radius 3 is 2.02 bits per heavy atom. The number of piperazine rings is 1. The number of anilines is 1. The third kappa shape index (κ3) is 8.34. The van der Waals surface area contributed by atoms with Crippen molar-refractivity contribution in [1.82, 2.24) is 24.6 Å². The average molecular weight is 731 g/mol. The summed E-state index contributed by atoms with van der Waals surface area (Å²) in [7, 11) is -4.55. The molecule has 22 heteroatoms. The minimum Gasteiger partial charge on any atom is -0.406 e. The predicted molar refractivity (Wildman–Crippen MR) is 148 cm³/mol. The average Bonchev–Trinajstić information content (AvgIpc) is 3.42. The molecule has 0 bridgehead atoms. The lowest BCUT2D eigenvalue weighted by molar-refractivity contribution is -0.275. The van der Waals surface area contributed by atoms with Gasteiger partial charge >= 0.3 is 18.9 Å². The molecule has 3 heterocycles. The van der Waals surface area contributed by atoms with Gasteiger partial charge in [-0.05, 0) is 42.0 Å². The second kappa shape index (κ2) is 12.9. The van der Waals surface area contributed by atoms with Crippen LogP contribution in [0.3, 0.4) is 0 Å². The zero-order valence-corrected chi connectivity index (χ0v) is 25.2. The van der Waals surface area contributed by atoms with Crippen LogP contribution in [-0.2, 0) is 27.5 Å². The molecule has 1 atom stereocenters. The van der Waals surface area contributed by atoms with Gasteiger partial charge in [0.1, 0.15) is 17.5 Å². The molecule has 1 aliphatic rings. The molecule has 1 aliphatic heterocycles. The molecule has 1 N–H and O–H groups in total. The number of amides is 1. The molecule has 2 aromatic carbocycles. The first-order valence-corrected chi connectivity index (χ1v) is 15.5. The molecule has 1 saturated heterocycles. The van der Waals surface area contributed by atoms with E-state index in [1.807, 2.05) is 0 Å². The number of carbonyl (C=O) groups excluding carboxylic acids is 1. The minimum absolute atomic E-state index is 0.0994. The Morgan fingerprint density at radius 1 is 0.875 bits per heavy atom. The van der Waals surface area contributed by atoms with Crippen LogP contribution in [0.25, 0.3) is 10.3 Å². The highest BCUT2D eigenvalue weighted by molar-refractivity contribution is 7.89. The van der Waals surface area contributed by atoms with E-state index in [0.717, 1.165) is 58.2 Å². The topological polar surface area (TPSA) is 127 Å². The quantitative estimate of drug-likeness (QED) is 0.247. The lowest BCUT2D eigenvalue weighted by atomic mass is 10.1. The summed E-state index contributed by atoms with van der Waals surface area (Å²) in [4.78, 5) is 25.3. The highest BCUT2D eigenvalue weighted by Crippen LogP contribution is 2.34. The Morgan fingerprint density at radius 2 is 1.46 bits per heavy atom. The number of aromatic nitrogens is 3. The number of thiazole rings is 1. The Balaban J connectivity index is 1.40. The zero-order chi connectivity index (χ0) is 35.1. The summed E-state index contributed by atoms with van der Waals surface area (Å²) in [5.41, 5.74) is 0.0258. The van der Waals surface area contributed by atoms with Gasteiger partial charge in [0.25, 0.3) is 0 Å². The van der Waals surface area contributed by atoms with Crippen LogP contribution in [0.15, 0.2) is 59.6 Å². The number of hydrogen-bond donors (Lipinski definition) is 1. The number of ether oxygens (including phenoxy) is 2. The number of benzene rings is 2. The first-order chi connectivity index (χ1) is 22.3. The van der Waals surface area contributed by atoms with Crippen molar-refractivity contribution >= 4 is 42.7 Å². The molecule has 2 aromatic heterocycles. The summed E-state index contributed by atoms with van der Waals surface area (Å²) in [6, 6.07) is 6.19. The molecule has 0 radical (unpaired) electrons. The molecule has 48 heavy (non-hydrogen) atoms. The fraction of sp³-hybridized carbons (Fsp3) is 0.308. The van der Waals surface area contributed by atoms with E-state index in [9.17, 15) is 52.7 Å². The van der Waals surface area contributed by atoms with E-state index in [0.29, 0.717) is 5.56 Å². The zero-order valence-electron chi connectivity index (χ0n) is 23.6. The van der Waals surface area contributed by atoms with Crippen molar-refractivity contribution in [2.45, 2.75) is 36.4 Å². The summed E-state index contributed by atoms with van der Waals surface area (Å²) < 4.78 is 150. The molecule has 1 amide bonds. The maximum Gasteiger partial charge on any atom is 0.573 e. The van der Waals surface area contributed by atoms with Crippen molar-refractivity contribution < 1.29 is 62.2 Å².